The number of aromatic nitrogens is 2. The van der Waals surface area contributed by atoms with Crippen molar-refractivity contribution in [3.63, 3.8) is 0 Å². The summed E-state index contributed by atoms with van der Waals surface area (Å²) in [7, 11) is 1.74. The molecule has 1 atom stereocenters. The minimum atomic E-state index is -0.216. The molecule has 2 rings (SSSR count). The van der Waals surface area contributed by atoms with E-state index in [9.17, 15) is 14.4 Å². The molecule has 0 N–H and O–H groups in total. The normalized spacial score (nSPS) is 18.3. The molecule has 7 heteroatoms. The van der Waals surface area contributed by atoms with Gasteiger partial charge in [0, 0.05) is 39.1 Å². The Morgan fingerprint density at radius 3 is 2.77 bits per heavy atom. The van der Waals surface area contributed by atoms with Gasteiger partial charge in [0.1, 0.15) is 5.78 Å². The minimum absolute atomic E-state index is 0.0275. The number of amides is 1. The number of nitrogens with zero attached hydrogens (tertiary/aromatic N) is 3. The van der Waals surface area contributed by atoms with Gasteiger partial charge in [0.05, 0.1) is 31.0 Å². The molecule has 1 amide bonds. The summed E-state index contributed by atoms with van der Waals surface area (Å²) in [5, 5.41) is 3.95. The second-order valence-corrected chi connectivity index (χ2v) is 5.55. The van der Waals surface area contributed by atoms with E-state index in [1.807, 2.05) is 0 Å². The largest absolute Gasteiger partial charge is 0.377 e. The molecule has 120 valence electrons. The number of Topliss-reactive ketones (excluding diaryl/α,β-unsaturated/α-hetero) is 2. The first kappa shape index (κ1) is 16.4. The van der Waals surface area contributed by atoms with Crippen molar-refractivity contribution in [3.8, 4) is 0 Å². The van der Waals surface area contributed by atoms with Gasteiger partial charge in [0.15, 0.2) is 5.78 Å². The van der Waals surface area contributed by atoms with Crippen LogP contribution in [0, 0.1) is 0 Å². The third-order valence-corrected chi connectivity index (χ3v) is 3.66. The zero-order valence-corrected chi connectivity index (χ0v) is 12.9. The summed E-state index contributed by atoms with van der Waals surface area (Å²) >= 11 is 0. The summed E-state index contributed by atoms with van der Waals surface area (Å²) in [6.45, 7) is 2.82. The van der Waals surface area contributed by atoms with E-state index >= 15 is 0 Å². The van der Waals surface area contributed by atoms with Crippen molar-refractivity contribution in [2.75, 3.05) is 19.8 Å². The first-order valence-electron chi connectivity index (χ1n) is 7.36. The molecule has 1 aromatic rings. The van der Waals surface area contributed by atoms with Crippen LogP contribution in [0.3, 0.4) is 0 Å². The molecular formula is C15H21N3O4. The van der Waals surface area contributed by atoms with Crippen LogP contribution in [-0.4, -0.2) is 58.0 Å². The van der Waals surface area contributed by atoms with Crippen molar-refractivity contribution in [2.45, 2.75) is 32.2 Å². The maximum atomic E-state index is 12.3. The predicted molar refractivity (Wildman–Crippen MR) is 78.4 cm³/mol. The second kappa shape index (κ2) is 7.31. The first-order chi connectivity index (χ1) is 10.5. The maximum Gasteiger partial charge on any atom is 0.223 e. The van der Waals surface area contributed by atoms with Gasteiger partial charge >= 0.3 is 0 Å². The lowest BCUT2D eigenvalue weighted by atomic mass is 10.1. The number of ether oxygens (including phenoxy) is 1. The Balaban J connectivity index is 1.89. The van der Waals surface area contributed by atoms with E-state index < -0.39 is 0 Å². The summed E-state index contributed by atoms with van der Waals surface area (Å²) in [5.74, 6) is -0.177. The van der Waals surface area contributed by atoms with Gasteiger partial charge in [-0.15, -0.1) is 0 Å². The average molecular weight is 307 g/mol. The average Bonchev–Trinajstić information content (AvgIpc) is 2.91. The topological polar surface area (TPSA) is 81.5 Å². The fourth-order valence-corrected chi connectivity index (χ4v) is 2.56. The molecule has 0 saturated carbocycles. The van der Waals surface area contributed by atoms with Gasteiger partial charge in [0.2, 0.25) is 5.91 Å². The van der Waals surface area contributed by atoms with Crippen LogP contribution in [-0.2, 0) is 21.4 Å². The third kappa shape index (κ3) is 4.24. The molecule has 0 bridgehead atoms. The Labute approximate surface area is 129 Å². The highest BCUT2D eigenvalue weighted by atomic mass is 16.5. The maximum absolute atomic E-state index is 12.3. The highest BCUT2D eigenvalue weighted by Gasteiger charge is 2.28. The Morgan fingerprint density at radius 1 is 1.36 bits per heavy atom. The molecule has 22 heavy (non-hydrogen) atoms. The molecule has 1 aliphatic heterocycles. The van der Waals surface area contributed by atoms with E-state index in [1.165, 1.54) is 13.1 Å². The van der Waals surface area contributed by atoms with Gasteiger partial charge in [-0.25, -0.2) is 0 Å². The van der Waals surface area contributed by atoms with Gasteiger partial charge in [-0.1, -0.05) is 0 Å². The number of rotatable bonds is 6. The molecule has 0 spiro atoms. The standard InChI is InChI=1S/C15H21N3O4/c1-11(19)7-13-10-22-6-5-18(13)15(21)4-3-14(20)12-8-16-17(2)9-12/h8-9,13H,3-7,10H2,1-2H3. The molecule has 1 unspecified atom stereocenters. The van der Waals surface area contributed by atoms with Gasteiger partial charge in [-0.05, 0) is 6.92 Å². The van der Waals surface area contributed by atoms with Crippen LogP contribution in [0.15, 0.2) is 12.4 Å². The Morgan fingerprint density at radius 2 is 2.14 bits per heavy atom. The second-order valence-electron chi connectivity index (χ2n) is 5.55. The van der Waals surface area contributed by atoms with Crippen LogP contribution in [0.4, 0.5) is 0 Å². The molecule has 1 fully saturated rings. The van der Waals surface area contributed by atoms with Crippen molar-refractivity contribution >= 4 is 17.5 Å². The summed E-state index contributed by atoms with van der Waals surface area (Å²) in [6.07, 6.45) is 3.72. The fourth-order valence-electron chi connectivity index (χ4n) is 2.56. The van der Waals surface area contributed by atoms with E-state index in [0.29, 0.717) is 31.7 Å². The van der Waals surface area contributed by atoms with Gasteiger partial charge in [0.25, 0.3) is 0 Å². The summed E-state index contributed by atoms with van der Waals surface area (Å²) in [4.78, 5) is 37.3. The molecule has 1 aromatic heterocycles. The van der Waals surface area contributed by atoms with E-state index in [0.717, 1.165) is 0 Å². The van der Waals surface area contributed by atoms with Crippen LogP contribution >= 0.6 is 0 Å². The number of carbonyl (C=O) groups excluding carboxylic acids is 3. The third-order valence-electron chi connectivity index (χ3n) is 3.66. The van der Waals surface area contributed by atoms with Crippen molar-refractivity contribution in [1.82, 2.24) is 14.7 Å². The first-order valence-corrected chi connectivity index (χ1v) is 7.36. The lowest BCUT2D eigenvalue weighted by Gasteiger charge is -2.35. The highest BCUT2D eigenvalue weighted by molar-refractivity contribution is 5.97. The van der Waals surface area contributed by atoms with Crippen molar-refractivity contribution in [1.29, 1.82) is 0 Å². The van der Waals surface area contributed by atoms with Crippen molar-refractivity contribution < 1.29 is 19.1 Å². The molecule has 1 aliphatic rings. The molecule has 7 nitrogen and oxygen atoms in total. The van der Waals surface area contributed by atoms with Crippen LogP contribution in [0.25, 0.3) is 0 Å². The minimum Gasteiger partial charge on any atom is -0.377 e. The van der Waals surface area contributed by atoms with E-state index in [1.54, 1.807) is 22.8 Å². The molecule has 0 aromatic carbocycles. The van der Waals surface area contributed by atoms with Crippen LogP contribution in [0.2, 0.25) is 0 Å². The van der Waals surface area contributed by atoms with Crippen LogP contribution < -0.4 is 0 Å². The molecule has 0 aliphatic carbocycles. The number of carbonyl (C=O) groups is 3. The van der Waals surface area contributed by atoms with E-state index in [-0.39, 0.29) is 36.4 Å². The number of hydrogen-bond donors (Lipinski definition) is 0. The lowest BCUT2D eigenvalue weighted by Crippen LogP contribution is -2.49. The molecule has 2 heterocycles. The lowest BCUT2D eigenvalue weighted by molar-refractivity contribution is -0.141. The smallest absolute Gasteiger partial charge is 0.223 e. The van der Waals surface area contributed by atoms with Crippen molar-refractivity contribution in [2.24, 2.45) is 7.05 Å². The summed E-state index contributed by atoms with van der Waals surface area (Å²) in [6, 6.07) is -0.216. The molecule has 1 saturated heterocycles. The highest BCUT2D eigenvalue weighted by Crippen LogP contribution is 2.14. The number of morpholine rings is 1. The number of hydrogen-bond acceptors (Lipinski definition) is 5. The quantitative estimate of drug-likeness (QED) is 0.718. The fraction of sp³-hybridized carbons (Fsp3) is 0.600. The number of aryl methyl sites for hydroxylation is 1. The Kier molecular flexibility index (Phi) is 5.43. The van der Waals surface area contributed by atoms with E-state index in [4.69, 9.17) is 4.74 Å². The summed E-state index contributed by atoms with van der Waals surface area (Å²) < 4.78 is 6.89. The SMILES string of the molecule is CC(=O)CC1COCCN1C(=O)CCC(=O)c1cnn(C)c1. The predicted octanol–water partition coefficient (Wildman–Crippen LogP) is 0.589. The Bertz CT molecular complexity index is 567. The van der Waals surface area contributed by atoms with Gasteiger partial charge < -0.3 is 9.64 Å². The van der Waals surface area contributed by atoms with E-state index in [2.05, 4.69) is 5.10 Å². The zero-order chi connectivity index (χ0) is 16.1. The summed E-state index contributed by atoms with van der Waals surface area (Å²) in [5.41, 5.74) is 0.512. The molecular weight excluding hydrogens is 286 g/mol. The van der Waals surface area contributed by atoms with Crippen LogP contribution in [0.1, 0.15) is 36.5 Å². The molecule has 0 radical (unpaired) electrons. The van der Waals surface area contributed by atoms with Gasteiger partial charge in [-0.3, -0.25) is 19.1 Å². The monoisotopic (exact) mass is 307 g/mol. The van der Waals surface area contributed by atoms with Gasteiger partial charge in [-0.2, -0.15) is 5.10 Å². The zero-order valence-electron chi connectivity index (χ0n) is 12.9. The Hall–Kier alpha value is -2.02. The number of ketones is 2. The van der Waals surface area contributed by atoms with Crippen LogP contribution in [0.5, 0.6) is 0 Å². The van der Waals surface area contributed by atoms with Crippen molar-refractivity contribution in [3.05, 3.63) is 18.0 Å².